The zero-order valence-electron chi connectivity index (χ0n) is 13.1. The molecule has 0 amide bonds. The highest BCUT2D eigenvalue weighted by molar-refractivity contribution is 5.85. The molecule has 0 radical (unpaired) electrons. The highest BCUT2D eigenvalue weighted by Crippen LogP contribution is 2.28. The number of halogens is 3. The lowest BCUT2D eigenvalue weighted by atomic mass is 10.2. The van der Waals surface area contributed by atoms with E-state index in [-0.39, 0.29) is 19.0 Å². The zero-order valence-corrected chi connectivity index (χ0v) is 13.9. The fourth-order valence-corrected chi connectivity index (χ4v) is 2.10. The molecule has 0 fully saturated rings. The van der Waals surface area contributed by atoms with Gasteiger partial charge in [-0.3, -0.25) is 0 Å². The van der Waals surface area contributed by atoms with E-state index in [2.05, 4.69) is 0 Å². The van der Waals surface area contributed by atoms with Crippen molar-refractivity contribution in [3.63, 3.8) is 0 Å². The van der Waals surface area contributed by atoms with Gasteiger partial charge >= 0.3 is 0 Å². The van der Waals surface area contributed by atoms with Crippen molar-refractivity contribution in [1.29, 1.82) is 0 Å². The number of hydrogen-bond donors (Lipinski definition) is 1. The molecular weight excluding hydrogens is 348 g/mol. The van der Waals surface area contributed by atoms with Crippen molar-refractivity contribution < 1.29 is 18.3 Å². The predicted octanol–water partition coefficient (Wildman–Crippen LogP) is 5.34. The Bertz CT molecular complexity index is 841. The molecule has 0 aliphatic rings. The van der Waals surface area contributed by atoms with Crippen molar-refractivity contribution in [2.75, 3.05) is 5.73 Å². The summed E-state index contributed by atoms with van der Waals surface area (Å²) >= 11 is 0. The Kier molecular flexibility index (Phi) is 6.19. The number of nitrogens with two attached hydrogens (primary N) is 1. The molecule has 0 saturated carbocycles. The van der Waals surface area contributed by atoms with Crippen molar-refractivity contribution in [1.82, 2.24) is 0 Å². The molecule has 0 atom stereocenters. The first-order chi connectivity index (χ1) is 11.6. The molecule has 3 nitrogen and oxygen atoms in total. The van der Waals surface area contributed by atoms with Crippen LogP contribution in [0.5, 0.6) is 17.2 Å². The van der Waals surface area contributed by atoms with Gasteiger partial charge in [-0.05, 0) is 54.1 Å². The molecule has 0 heterocycles. The van der Waals surface area contributed by atoms with Gasteiger partial charge in [0.05, 0.1) is 5.69 Å². The Hall–Kier alpha value is -2.79. The molecule has 0 unspecified atom stereocenters. The van der Waals surface area contributed by atoms with E-state index in [4.69, 9.17) is 15.2 Å². The number of ether oxygens (including phenoxy) is 2. The molecule has 3 aromatic carbocycles. The van der Waals surface area contributed by atoms with Crippen LogP contribution in [0.15, 0.2) is 66.7 Å². The van der Waals surface area contributed by atoms with Crippen LogP contribution in [0.2, 0.25) is 0 Å². The van der Waals surface area contributed by atoms with Gasteiger partial charge in [0, 0.05) is 0 Å². The van der Waals surface area contributed by atoms with Gasteiger partial charge in [-0.1, -0.05) is 18.2 Å². The van der Waals surface area contributed by atoms with Crippen LogP contribution >= 0.6 is 12.4 Å². The fraction of sp³-hybridized carbons (Fsp3) is 0.0526. The fourth-order valence-electron chi connectivity index (χ4n) is 2.10. The molecular formula is C19H16ClF2NO2. The van der Waals surface area contributed by atoms with E-state index in [9.17, 15) is 8.78 Å². The molecule has 0 aromatic heterocycles. The van der Waals surface area contributed by atoms with Crippen molar-refractivity contribution in [2.24, 2.45) is 0 Å². The summed E-state index contributed by atoms with van der Waals surface area (Å²) in [5.74, 6) is 0.0230. The number of rotatable bonds is 5. The minimum atomic E-state index is -0.889. The van der Waals surface area contributed by atoms with Crippen LogP contribution in [0.4, 0.5) is 14.5 Å². The maximum absolute atomic E-state index is 13.1. The van der Waals surface area contributed by atoms with E-state index in [1.54, 1.807) is 36.4 Å². The van der Waals surface area contributed by atoms with Gasteiger partial charge in [-0.15, -0.1) is 12.4 Å². The lowest BCUT2D eigenvalue weighted by Crippen LogP contribution is -1.97. The first-order valence-corrected chi connectivity index (χ1v) is 7.31. The van der Waals surface area contributed by atoms with Crippen LogP contribution in [0.1, 0.15) is 5.56 Å². The summed E-state index contributed by atoms with van der Waals surface area (Å²) in [4.78, 5) is 0. The molecule has 25 heavy (non-hydrogen) atoms. The quantitative estimate of drug-likeness (QED) is 0.622. The molecule has 130 valence electrons. The van der Waals surface area contributed by atoms with Crippen LogP contribution in [-0.4, -0.2) is 0 Å². The van der Waals surface area contributed by atoms with Crippen molar-refractivity contribution >= 4 is 18.1 Å². The normalized spacial score (nSPS) is 10.0. The SMILES string of the molecule is Cl.Nc1ccccc1Oc1ccc(OCc2ccc(F)c(F)c2)cc1. The highest BCUT2D eigenvalue weighted by atomic mass is 35.5. The summed E-state index contributed by atoms with van der Waals surface area (Å²) in [5.41, 5.74) is 6.93. The van der Waals surface area contributed by atoms with Crippen molar-refractivity contribution in [2.45, 2.75) is 6.61 Å². The summed E-state index contributed by atoms with van der Waals surface area (Å²) in [6, 6.07) is 17.8. The van der Waals surface area contributed by atoms with Gasteiger partial charge in [-0.2, -0.15) is 0 Å². The average Bonchev–Trinajstić information content (AvgIpc) is 2.59. The summed E-state index contributed by atoms with van der Waals surface area (Å²) < 4.78 is 37.2. The molecule has 3 rings (SSSR count). The Morgan fingerprint density at radius 3 is 2.16 bits per heavy atom. The average molecular weight is 364 g/mol. The smallest absolute Gasteiger partial charge is 0.159 e. The van der Waals surface area contributed by atoms with E-state index in [0.717, 1.165) is 12.1 Å². The third-order valence-corrected chi connectivity index (χ3v) is 3.36. The van der Waals surface area contributed by atoms with Gasteiger partial charge in [0.2, 0.25) is 0 Å². The molecule has 0 spiro atoms. The molecule has 6 heteroatoms. The predicted molar refractivity (Wildman–Crippen MR) is 95.3 cm³/mol. The highest BCUT2D eigenvalue weighted by Gasteiger charge is 2.04. The minimum Gasteiger partial charge on any atom is -0.489 e. The number of benzene rings is 3. The Morgan fingerprint density at radius 2 is 1.48 bits per heavy atom. The van der Waals surface area contributed by atoms with Crippen LogP contribution in [0.25, 0.3) is 0 Å². The second kappa shape index (κ2) is 8.35. The Morgan fingerprint density at radius 1 is 0.800 bits per heavy atom. The molecule has 0 aliphatic carbocycles. The first-order valence-electron chi connectivity index (χ1n) is 7.31. The zero-order chi connectivity index (χ0) is 16.9. The molecule has 0 bridgehead atoms. The molecule has 0 saturated heterocycles. The summed E-state index contributed by atoms with van der Waals surface area (Å²) in [5, 5.41) is 0. The minimum absolute atomic E-state index is 0. The van der Waals surface area contributed by atoms with E-state index in [1.165, 1.54) is 6.07 Å². The van der Waals surface area contributed by atoms with Gasteiger partial charge in [0.25, 0.3) is 0 Å². The van der Waals surface area contributed by atoms with E-state index >= 15 is 0 Å². The van der Waals surface area contributed by atoms with Crippen molar-refractivity contribution in [3.8, 4) is 17.2 Å². The van der Waals surface area contributed by atoms with Crippen LogP contribution in [-0.2, 0) is 6.61 Å². The Balaban J connectivity index is 0.00000225. The van der Waals surface area contributed by atoms with Crippen LogP contribution in [0.3, 0.4) is 0 Å². The Labute approximate surface area is 150 Å². The summed E-state index contributed by atoms with van der Waals surface area (Å²) in [6.45, 7) is 0.142. The van der Waals surface area contributed by atoms with Gasteiger partial charge in [-0.25, -0.2) is 8.78 Å². The number of anilines is 1. The number of hydrogen-bond acceptors (Lipinski definition) is 3. The number of para-hydroxylation sites is 2. The second-order valence-corrected chi connectivity index (χ2v) is 5.15. The molecule has 0 aliphatic heterocycles. The molecule has 2 N–H and O–H groups in total. The van der Waals surface area contributed by atoms with Crippen LogP contribution < -0.4 is 15.2 Å². The van der Waals surface area contributed by atoms with E-state index in [0.29, 0.717) is 28.5 Å². The second-order valence-electron chi connectivity index (χ2n) is 5.15. The summed E-state index contributed by atoms with van der Waals surface area (Å²) in [7, 11) is 0. The van der Waals surface area contributed by atoms with E-state index in [1.807, 2.05) is 12.1 Å². The van der Waals surface area contributed by atoms with Gasteiger partial charge < -0.3 is 15.2 Å². The van der Waals surface area contributed by atoms with Gasteiger partial charge in [0.15, 0.2) is 11.6 Å². The van der Waals surface area contributed by atoms with Crippen molar-refractivity contribution in [3.05, 3.63) is 83.9 Å². The lowest BCUT2D eigenvalue weighted by Gasteiger charge is -2.10. The van der Waals surface area contributed by atoms with Crippen LogP contribution in [0, 0.1) is 11.6 Å². The lowest BCUT2D eigenvalue weighted by molar-refractivity contribution is 0.304. The van der Waals surface area contributed by atoms with Gasteiger partial charge in [0.1, 0.15) is 23.9 Å². The monoisotopic (exact) mass is 363 g/mol. The number of nitrogen functional groups attached to an aromatic ring is 1. The topological polar surface area (TPSA) is 44.5 Å². The largest absolute Gasteiger partial charge is 0.489 e. The third-order valence-electron chi connectivity index (χ3n) is 3.36. The maximum atomic E-state index is 13.1. The van der Waals surface area contributed by atoms with E-state index < -0.39 is 11.6 Å². The summed E-state index contributed by atoms with van der Waals surface area (Å²) in [6.07, 6.45) is 0. The first kappa shape index (κ1) is 18.5. The third kappa shape index (κ3) is 4.84. The standard InChI is InChI=1S/C19H15F2NO2.ClH/c20-16-10-5-13(11-17(16)21)12-23-14-6-8-15(9-7-14)24-19-4-2-1-3-18(19)22;/h1-11H,12,22H2;1H. The molecule has 3 aromatic rings. The maximum Gasteiger partial charge on any atom is 0.159 e.